The molecule has 0 saturated carbocycles. The first-order valence-electron chi connectivity index (χ1n) is 6.68. The number of hydrogen-bond donors (Lipinski definition) is 2. The van der Waals surface area contributed by atoms with Crippen LogP contribution >= 0.6 is 0 Å². The van der Waals surface area contributed by atoms with Crippen molar-refractivity contribution in [1.29, 1.82) is 0 Å². The van der Waals surface area contributed by atoms with Gasteiger partial charge in [0.1, 0.15) is 13.2 Å². The third-order valence-electron chi connectivity index (χ3n) is 3.73. The predicted molar refractivity (Wildman–Crippen MR) is 76.5 cm³/mol. The third kappa shape index (κ3) is 3.08. The fourth-order valence-electron chi connectivity index (χ4n) is 1.70. The van der Waals surface area contributed by atoms with Gasteiger partial charge in [0.15, 0.2) is 11.5 Å². The van der Waals surface area contributed by atoms with Gasteiger partial charge >= 0.3 is 7.12 Å². The monoisotopic (exact) mass is 280 g/mol. The van der Waals surface area contributed by atoms with Crippen molar-refractivity contribution < 1.29 is 24.3 Å². The molecule has 0 aromatic heterocycles. The third-order valence-corrected chi connectivity index (χ3v) is 3.73. The van der Waals surface area contributed by atoms with Gasteiger partial charge in [-0.3, -0.25) is 0 Å². The van der Waals surface area contributed by atoms with E-state index in [4.69, 9.17) is 14.1 Å². The Bertz CT molecular complexity index is 481. The number of benzene rings is 1. The summed E-state index contributed by atoms with van der Waals surface area (Å²) in [5, 5.41) is 20.2. The molecule has 0 radical (unpaired) electrons. The molecule has 1 aliphatic heterocycles. The molecular formula is C14H21BO5. The van der Waals surface area contributed by atoms with Gasteiger partial charge in [0.05, 0.1) is 11.2 Å². The molecule has 1 aromatic carbocycles. The summed E-state index contributed by atoms with van der Waals surface area (Å²) < 4.78 is 16.5. The van der Waals surface area contributed by atoms with Crippen LogP contribution in [0.5, 0.6) is 11.5 Å². The smallest absolute Gasteiger partial charge is 0.486 e. The average Bonchev–Trinajstić information content (AvgIpc) is 2.36. The minimum absolute atomic E-state index is 0.489. The molecule has 0 atom stereocenters. The van der Waals surface area contributed by atoms with Gasteiger partial charge in [0.25, 0.3) is 0 Å². The van der Waals surface area contributed by atoms with E-state index in [0.717, 1.165) is 0 Å². The van der Waals surface area contributed by atoms with Crippen LogP contribution < -0.4 is 14.9 Å². The van der Waals surface area contributed by atoms with Crippen LogP contribution in [0.4, 0.5) is 0 Å². The van der Waals surface area contributed by atoms with E-state index in [1.807, 2.05) is 0 Å². The summed E-state index contributed by atoms with van der Waals surface area (Å²) in [5.41, 5.74) is -1.42. The SMILES string of the molecule is CC(C)(O)C(C)(C)OB(O)c1ccc2c(c1)OCCO2. The Morgan fingerprint density at radius 3 is 2.30 bits per heavy atom. The molecule has 0 aliphatic carbocycles. The van der Waals surface area contributed by atoms with Crippen LogP contribution in [0.25, 0.3) is 0 Å². The Balaban J connectivity index is 2.15. The maximum Gasteiger partial charge on any atom is 0.491 e. The Hall–Kier alpha value is -1.24. The highest BCUT2D eigenvalue weighted by Gasteiger charge is 2.39. The van der Waals surface area contributed by atoms with Gasteiger partial charge in [0.2, 0.25) is 0 Å². The molecule has 1 aromatic rings. The van der Waals surface area contributed by atoms with Crippen LogP contribution in [0.15, 0.2) is 18.2 Å². The van der Waals surface area contributed by atoms with Crippen molar-refractivity contribution in [2.45, 2.75) is 38.9 Å². The number of fused-ring (bicyclic) bond motifs is 1. The second kappa shape index (κ2) is 5.28. The van der Waals surface area contributed by atoms with Gasteiger partial charge in [-0.1, -0.05) is 6.07 Å². The number of ether oxygens (including phenoxy) is 2. The zero-order valence-corrected chi connectivity index (χ0v) is 12.3. The van der Waals surface area contributed by atoms with Crippen LogP contribution in [0, 0.1) is 0 Å². The molecule has 2 N–H and O–H groups in total. The fraction of sp³-hybridized carbons (Fsp3) is 0.571. The molecule has 0 unspecified atom stereocenters. The summed E-state index contributed by atoms with van der Waals surface area (Å²) >= 11 is 0. The van der Waals surface area contributed by atoms with Crippen LogP contribution in [-0.2, 0) is 4.65 Å². The molecule has 0 bridgehead atoms. The van der Waals surface area contributed by atoms with Crippen molar-refractivity contribution in [1.82, 2.24) is 0 Å². The summed E-state index contributed by atoms with van der Waals surface area (Å²) in [5.74, 6) is 1.26. The van der Waals surface area contributed by atoms with E-state index >= 15 is 0 Å². The predicted octanol–water partition coefficient (Wildman–Crippen LogP) is 0.711. The van der Waals surface area contributed by atoms with E-state index in [1.165, 1.54) is 0 Å². The number of hydrogen-bond acceptors (Lipinski definition) is 5. The lowest BCUT2D eigenvalue weighted by Crippen LogP contribution is -2.53. The summed E-state index contributed by atoms with van der Waals surface area (Å²) in [6.07, 6.45) is 0. The highest BCUT2D eigenvalue weighted by molar-refractivity contribution is 6.60. The fourth-order valence-corrected chi connectivity index (χ4v) is 1.70. The zero-order chi connectivity index (χ0) is 15.0. The zero-order valence-electron chi connectivity index (χ0n) is 12.3. The lowest BCUT2D eigenvalue weighted by molar-refractivity contribution is -0.0982. The summed E-state index contributed by atoms with van der Waals surface area (Å²) in [6, 6.07) is 5.16. The topological polar surface area (TPSA) is 68.2 Å². The van der Waals surface area contributed by atoms with E-state index in [-0.39, 0.29) is 0 Å². The second-order valence-corrected chi connectivity index (χ2v) is 5.94. The Labute approximate surface area is 119 Å². The molecule has 5 nitrogen and oxygen atoms in total. The first-order chi connectivity index (χ1) is 9.21. The highest BCUT2D eigenvalue weighted by Crippen LogP contribution is 2.29. The summed E-state index contributed by atoms with van der Waals surface area (Å²) in [6.45, 7) is 7.76. The first kappa shape index (κ1) is 15.2. The molecular weight excluding hydrogens is 259 g/mol. The molecule has 0 amide bonds. The van der Waals surface area contributed by atoms with Crippen LogP contribution in [-0.4, -0.2) is 41.7 Å². The Kier molecular flexibility index (Phi) is 4.00. The molecule has 0 fully saturated rings. The minimum atomic E-state index is -1.15. The molecule has 2 rings (SSSR count). The van der Waals surface area contributed by atoms with Gasteiger partial charge in [-0.05, 0) is 45.3 Å². The summed E-state index contributed by atoms with van der Waals surface area (Å²) in [4.78, 5) is 0. The van der Waals surface area contributed by atoms with Gasteiger partial charge in [0, 0.05) is 0 Å². The Morgan fingerprint density at radius 2 is 1.70 bits per heavy atom. The molecule has 20 heavy (non-hydrogen) atoms. The van der Waals surface area contributed by atoms with Gasteiger partial charge < -0.3 is 24.3 Å². The minimum Gasteiger partial charge on any atom is -0.486 e. The average molecular weight is 280 g/mol. The Morgan fingerprint density at radius 1 is 1.10 bits per heavy atom. The van der Waals surface area contributed by atoms with Gasteiger partial charge in [-0.2, -0.15) is 0 Å². The molecule has 1 aliphatic rings. The quantitative estimate of drug-likeness (QED) is 0.795. The molecule has 0 spiro atoms. The number of rotatable bonds is 4. The normalized spacial score (nSPS) is 15.1. The highest BCUT2D eigenvalue weighted by atomic mass is 16.6. The van der Waals surface area contributed by atoms with E-state index in [9.17, 15) is 10.1 Å². The van der Waals surface area contributed by atoms with E-state index in [0.29, 0.717) is 30.2 Å². The maximum absolute atomic E-state index is 10.2. The maximum atomic E-state index is 10.2. The number of aliphatic hydroxyl groups is 1. The van der Waals surface area contributed by atoms with Crippen molar-refractivity contribution in [3.05, 3.63) is 18.2 Å². The van der Waals surface area contributed by atoms with Crippen molar-refractivity contribution in [2.75, 3.05) is 13.2 Å². The van der Waals surface area contributed by atoms with E-state index < -0.39 is 18.3 Å². The van der Waals surface area contributed by atoms with Gasteiger partial charge in [-0.25, -0.2) is 0 Å². The van der Waals surface area contributed by atoms with Crippen molar-refractivity contribution in [3.63, 3.8) is 0 Å². The van der Waals surface area contributed by atoms with Crippen molar-refractivity contribution in [3.8, 4) is 11.5 Å². The molecule has 6 heteroatoms. The summed E-state index contributed by atoms with van der Waals surface area (Å²) in [7, 11) is -1.15. The van der Waals surface area contributed by atoms with Gasteiger partial charge in [-0.15, -0.1) is 0 Å². The van der Waals surface area contributed by atoms with Crippen molar-refractivity contribution >= 4 is 12.6 Å². The standard InChI is InChI=1S/C14H21BO5/c1-13(2,16)14(3,4)20-15(17)10-5-6-11-12(9-10)19-8-7-18-11/h5-6,9,16-17H,7-8H2,1-4H3. The van der Waals surface area contributed by atoms with Crippen molar-refractivity contribution in [2.24, 2.45) is 0 Å². The first-order valence-corrected chi connectivity index (χ1v) is 6.68. The molecule has 1 heterocycles. The van der Waals surface area contributed by atoms with Crippen LogP contribution in [0.1, 0.15) is 27.7 Å². The lowest BCUT2D eigenvalue weighted by atomic mass is 9.76. The second-order valence-electron chi connectivity index (χ2n) is 5.94. The van der Waals surface area contributed by atoms with E-state index in [2.05, 4.69) is 0 Å². The van der Waals surface area contributed by atoms with Crippen LogP contribution in [0.3, 0.4) is 0 Å². The largest absolute Gasteiger partial charge is 0.491 e. The molecule has 0 saturated heterocycles. The lowest BCUT2D eigenvalue weighted by Gasteiger charge is -2.38. The van der Waals surface area contributed by atoms with Crippen LogP contribution in [0.2, 0.25) is 0 Å². The van der Waals surface area contributed by atoms with E-state index in [1.54, 1.807) is 45.9 Å². The molecule has 110 valence electrons.